The number of aromatic nitrogens is 2. The average Bonchev–Trinajstić information content (AvgIpc) is 2.94. The zero-order valence-corrected chi connectivity index (χ0v) is 14.4. The molecule has 0 unspecified atom stereocenters. The highest BCUT2D eigenvalue weighted by molar-refractivity contribution is 9.10. The van der Waals surface area contributed by atoms with Crippen molar-refractivity contribution in [3.8, 4) is 0 Å². The first-order valence-corrected chi connectivity index (χ1v) is 7.94. The van der Waals surface area contributed by atoms with Gasteiger partial charge in [0.1, 0.15) is 10.8 Å². The second-order valence-corrected chi connectivity index (χ2v) is 6.27. The highest BCUT2D eigenvalue weighted by atomic mass is 79.9. The molecule has 0 aliphatic rings. The van der Waals surface area contributed by atoms with Crippen LogP contribution in [-0.2, 0) is 0 Å². The molecule has 0 spiro atoms. The Bertz CT molecular complexity index is 920. The van der Waals surface area contributed by atoms with Crippen LogP contribution in [0, 0.1) is 6.92 Å². The van der Waals surface area contributed by atoms with Crippen molar-refractivity contribution in [2.24, 2.45) is 5.10 Å². The zero-order valence-electron chi connectivity index (χ0n) is 12.1. The summed E-state index contributed by atoms with van der Waals surface area (Å²) < 4.78 is 0.795. The molecule has 2 aromatic heterocycles. The Morgan fingerprint density at radius 3 is 2.96 bits per heavy atom. The Labute approximate surface area is 145 Å². The molecular formula is C16H12BrClN4O. The summed E-state index contributed by atoms with van der Waals surface area (Å²) in [5.41, 5.74) is 5.43. The molecule has 0 saturated carbocycles. The smallest absolute Gasteiger partial charge is 0.287 e. The maximum Gasteiger partial charge on any atom is 0.287 e. The molecule has 0 aliphatic heterocycles. The number of nitrogens with one attached hydrogen (secondary N) is 2. The predicted molar refractivity (Wildman–Crippen MR) is 95.0 cm³/mol. The number of hydrogen-bond donors (Lipinski definition) is 2. The fraction of sp³-hybridized carbons (Fsp3) is 0.0625. The predicted octanol–water partition coefficient (Wildman–Crippen LogP) is 4.05. The molecule has 0 aliphatic carbocycles. The number of aryl methyl sites for hydroxylation is 1. The number of rotatable bonds is 3. The topological polar surface area (TPSA) is 70.1 Å². The largest absolute Gasteiger partial charge is 0.356 e. The number of benzene rings is 1. The molecule has 2 N–H and O–H groups in total. The Morgan fingerprint density at radius 2 is 2.22 bits per heavy atom. The van der Waals surface area contributed by atoms with Crippen molar-refractivity contribution in [3.63, 3.8) is 0 Å². The Morgan fingerprint density at radius 1 is 1.39 bits per heavy atom. The molecule has 0 atom stereocenters. The van der Waals surface area contributed by atoms with Crippen molar-refractivity contribution in [2.75, 3.05) is 0 Å². The number of carbonyl (C=O) groups excluding carboxylic acids is 1. The van der Waals surface area contributed by atoms with E-state index in [4.69, 9.17) is 11.6 Å². The van der Waals surface area contributed by atoms with Gasteiger partial charge < -0.3 is 4.98 Å². The molecule has 2 heterocycles. The number of hydrazone groups is 1. The quantitative estimate of drug-likeness (QED) is 0.402. The molecule has 0 bridgehead atoms. The SMILES string of the molecule is Cc1ccc2cc(/C=N\NC(=O)c3cc(Br)c[nH]3)c(Cl)nc2c1. The minimum atomic E-state index is -0.340. The minimum Gasteiger partial charge on any atom is -0.356 e. The Balaban J connectivity index is 1.79. The molecule has 0 fully saturated rings. The van der Waals surface area contributed by atoms with E-state index in [-0.39, 0.29) is 5.91 Å². The van der Waals surface area contributed by atoms with Crippen LogP contribution in [0.2, 0.25) is 5.15 Å². The van der Waals surface area contributed by atoms with Crippen LogP contribution in [0.5, 0.6) is 0 Å². The third-order valence-electron chi connectivity index (χ3n) is 3.22. The van der Waals surface area contributed by atoms with Crippen LogP contribution in [0.3, 0.4) is 0 Å². The van der Waals surface area contributed by atoms with Crippen LogP contribution in [0.15, 0.2) is 46.1 Å². The van der Waals surface area contributed by atoms with E-state index < -0.39 is 0 Å². The first kappa shape index (κ1) is 15.7. The monoisotopic (exact) mass is 390 g/mol. The Kier molecular flexibility index (Phi) is 4.45. The van der Waals surface area contributed by atoms with E-state index >= 15 is 0 Å². The zero-order chi connectivity index (χ0) is 16.4. The molecule has 5 nitrogen and oxygen atoms in total. The van der Waals surface area contributed by atoms with Crippen LogP contribution in [0.1, 0.15) is 21.6 Å². The first-order valence-electron chi connectivity index (χ1n) is 6.77. The molecule has 116 valence electrons. The van der Waals surface area contributed by atoms with E-state index in [0.717, 1.165) is 20.9 Å². The molecule has 23 heavy (non-hydrogen) atoms. The maximum absolute atomic E-state index is 11.9. The number of hydrogen-bond acceptors (Lipinski definition) is 3. The number of aromatic amines is 1. The van der Waals surface area contributed by atoms with E-state index in [1.807, 2.05) is 31.2 Å². The van der Waals surface area contributed by atoms with Crippen molar-refractivity contribution in [1.82, 2.24) is 15.4 Å². The van der Waals surface area contributed by atoms with Crippen LogP contribution >= 0.6 is 27.5 Å². The molecule has 0 saturated heterocycles. The maximum atomic E-state index is 11.9. The number of fused-ring (bicyclic) bond motifs is 1. The number of H-pyrrole nitrogens is 1. The lowest BCUT2D eigenvalue weighted by molar-refractivity contribution is 0.0951. The highest BCUT2D eigenvalue weighted by Gasteiger charge is 2.07. The second kappa shape index (κ2) is 6.52. The highest BCUT2D eigenvalue weighted by Crippen LogP contribution is 2.20. The third-order valence-corrected chi connectivity index (χ3v) is 3.98. The van der Waals surface area contributed by atoms with Gasteiger partial charge in [0, 0.05) is 21.6 Å². The second-order valence-electron chi connectivity index (χ2n) is 5.00. The van der Waals surface area contributed by atoms with Crippen LogP contribution in [0.25, 0.3) is 10.9 Å². The van der Waals surface area contributed by atoms with Gasteiger partial charge in [-0.25, -0.2) is 10.4 Å². The third kappa shape index (κ3) is 3.60. The van der Waals surface area contributed by atoms with Gasteiger partial charge in [-0.15, -0.1) is 0 Å². The summed E-state index contributed by atoms with van der Waals surface area (Å²) in [6.45, 7) is 2.00. The van der Waals surface area contributed by atoms with Crippen LogP contribution in [0.4, 0.5) is 0 Å². The molecular weight excluding hydrogens is 380 g/mol. The van der Waals surface area contributed by atoms with Gasteiger partial charge in [0.15, 0.2) is 0 Å². The van der Waals surface area contributed by atoms with Gasteiger partial charge in [-0.2, -0.15) is 5.10 Å². The van der Waals surface area contributed by atoms with E-state index in [1.165, 1.54) is 6.21 Å². The molecule has 1 amide bonds. The lowest BCUT2D eigenvalue weighted by Crippen LogP contribution is -2.17. The van der Waals surface area contributed by atoms with Crippen molar-refractivity contribution in [3.05, 3.63) is 63.0 Å². The van der Waals surface area contributed by atoms with E-state index in [9.17, 15) is 4.79 Å². The lowest BCUT2D eigenvalue weighted by atomic mass is 10.1. The van der Waals surface area contributed by atoms with Gasteiger partial charge in [-0.3, -0.25) is 4.79 Å². The molecule has 3 rings (SSSR count). The summed E-state index contributed by atoms with van der Waals surface area (Å²) in [6.07, 6.45) is 3.15. The van der Waals surface area contributed by atoms with E-state index in [2.05, 4.69) is 36.4 Å². The van der Waals surface area contributed by atoms with Gasteiger partial charge in [0.25, 0.3) is 5.91 Å². The van der Waals surface area contributed by atoms with Crippen molar-refractivity contribution < 1.29 is 4.79 Å². The standard InChI is InChI=1S/C16H12BrClN4O/c1-9-2-3-10-5-11(15(18)21-13(10)4-9)7-20-22-16(23)14-6-12(17)8-19-14/h2-8,19H,1H3,(H,22,23)/b20-7-. The van der Waals surface area contributed by atoms with Crippen molar-refractivity contribution >= 4 is 50.6 Å². The van der Waals surface area contributed by atoms with Crippen LogP contribution < -0.4 is 5.43 Å². The minimum absolute atomic E-state index is 0.337. The summed E-state index contributed by atoms with van der Waals surface area (Å²) in [6, 6.07) is 9.49. The molecule has 0 radical (unpaired) electrons. The Hall–Kier alpha value is -2.18. The summed E-state index contributed by atoms with van der Waals surface area (Å²) in [7, 11) is 0. The summed E-state index contributed by atoms with van der Waals surface area (Å²) in [5, 5.41) is 5.22. The van der Waals surface area contributed by atoms with E-state index in [0.29, 0.717) is 16.4 Å². The molecule has 7 heteroatoms. The number of carbonyl (C=O) groups is 1. The molecule has 1 aromatic carbocycles. The van der Waals surface area contributed by atoms with Gasteiger partial charge in [0.05, 0.1) is 11.7 Å². The van der Waals surface area contributed by atoms with Gasteiger partial charge in [0.2, 0.25) is 0 Å². The van der Waals surface area contributed by atoms with Crippen LogP contribution in [-0.4, -0.2) is 22.1 Å². The fourth-order valence-corrected chi connectivity index (χ4v) is 2.62. The summed E-state index contributed by atoms with van der Waals surface area (Å²) in [5.74, 6) is -0.340. The first-order chi connectivity index (χ1) is 11.0. The van der Waals surface area contributed by atoms with Gasteiger partial charge in [-0.05, 0) is 46.6 Å². The number of nitrogens with zero attached hydrogens (tertiary/aromatic N) is 2. The number of halogens is 2. The summed E-state index contributed by atoms with van der Waals surface area (Å²) >= 11 is 9.43. The lowest BCUT2D eigenvalue weighted by Gasteiger charge is -2.03. The summed E-state index contributed by atoms with van der Waals surface area (Å²) in [4.78, 5) is 19.0. The van der Waals surface area contributed by atoms with Crippen molar-refractivity contribution in [1.29, 1.82) is 0 Å². The van der Waals surface area contributed by atoms with Gasteiger partial charge in [-0.1, -0.05) is 23.7 Å². The average molecular weight is 392 g/mol. The number of pyridine rings is 1. The fourth-order valence-electron chi connectivity index (χ4n) is 2.08. The van der Waals surface area contributed by atoms with E-state index in [1.54, 1.807) is 12.3 Å². The normalized spacial score (nSPS) is 11.3. The van der Waals surface area contributed by atoms with Crippen molar-refractivity contribution in [2.45, 2.75) is 6.92 Å². The van der Waals surface area contributed by atoms with Gasteiger partial charge >= 0.3 is 0 Å². The number of amides is 1. The molecule has 3 aromatic rings.